The standard InChI is InChI=1S/C12H15NO3S/c14-8-3-4-11(15)10(6-8)12(16)13-7-9-2-1-5-17-9/h3-4,6,9,14-15H,1-2,5,7H2,(H,13,16). The van der Waals surface area contributed by atoms with Crippen LogP contribution in [-0.2, 0) is 0 Å². The summed E-state index contributed by atoms with van der Waals surface area (Å²) >= 11 is 1.86. The lowest BCUT2D eigenvalue weighted by Crippen LogP contribution is -2.29. The SMILES string of the molecule is O=C(NCC1CCCS1)c1cc(O)ccc1O. The van der Waals surface area contributed by atoms with Crippen LogP contribution in [0.25, 0.3) is 0 Å². The number of hydrogen-bond acceptors (Lipinski definition) is 4. The second-order valence-corrected chi connectivity index (χ2v) is 5.45. The van der Waals surface area contributed by atoms with Gasteiger partial charge in [-0.2, -0.15) is 11.8 Å². The van der Waals surface area contributed by atoms with Gasteiger partial charge in [0.05, 0.1) is 5.56 Å². The van der Waals surface area contributed by atoms with Crippen molar-refractivity contribution in [3.8, 4) is 11.5 Å². The van der Waals surface area contributed by atoms with Crippen LogP contribution in [-0.4, -0.2) is 33.7 Å². The van der Waals surface area contributed by atoms with Crippen LogP contribution in [0.2, 0.25) is 0 Å². The summed E-state index contributed by atoms with van der Waals surface area (Å²) in [5.74, 6) is 0.672. The average Bonchev–Trinajstić information content (AvgIpc) is 2.82. The number of hydrogen-bond donors (Lipinski definition) is 3. The van der Waals surface area contributed by atoms with E-state index in [1.54, 1.807) is 0 Å². The van der Waals surface area contributed by atoms with Crippen molar-refractivity contribution < 1.29 is 15.0 Å². The van der Waals surface area contributed by atoms with Gasteiger partial charge in [-0.25, -0.2) is 0 Å². The van der Waals surface area contributed by atoms with Crippen LogP contribution in [0.1, 0.15) is 23.2 Å². The van der Waals surface area contributed by atoms with Crippen molar-refractivity contribution in [1.29, 1.82) is 0 Å². The number of amides is 1. The predicted molar refractivity (Wildman–Crippen MR) is 67.6 cm³/mol. The molecule has 2 rings (SSSR count). The number of phenols is 2. The fourth-order valence-electron chi connectivity index (χ4n) is 1.81. The topological polar surface area (TPSA) is 69.6 Å². The molecule has 1 heterocycles. The van der Waals surface area contributed by atoms with E-state index in [1.165, 1.54) is 24.6 Å². The molecule has 1 atom stereocenters. The number of thioether (sulfide) groups is 1. The number of rotatable bonds is 3. The molecule has 3 N–H and O–H groups in total. The summed E-state index contributed by atoms with van der Waals surface area (Å²) in [7, 11) is 0. The number of benzene rings is 1. The van der Waals surface area contributed by atoms with Crippen molar-refractivity contribution in [2.24, 2.45) is 0 Å². The predicted octanol–water partition coefficient (Wildman–Crippen LogP) is 1.72. The molecule has 0 spiro atoms. The molecular weight excluding hydrogens is 238 g/mol. The van der Waals surface area contributed by atoms with Crippen LogP contribution >= 0.6 is 11.8 Å². The molecule has 1 aromatic rings. The van der Waals surface area contributed by atoms with E-state index in [-0.39, 0.29) is 23.0 Å². The van der Waals surface area contributed by atoms with Crippen molar-refractivity contribution in [3.63, 3.8) is 0 Å². The normalized spacial score (nSPS) is 19.2. The highest BCUT2D eigenvalue weighted by Crippen LogP contribution is 2.26. The molecular formula is C12H15NO3S. The van der Waals surface area contributed by atoms with Crippen LogP contribution in [0.5, 0.6) is 11.5 Å². The number of carbonyl (C=O) groups excluding carboxylic acids is 1. The molecule has 92 valence electrons. The van der Waals surface area contributed by atoms with Crippen molar-refractivity contribution in [2.45, 2.75) is 18.1 Å². The van der Waals surface area contributed by atoms with Gasteiger partial charge in [0.15, 0.2) is 0 Å². The van der Waals surface area contributed by atoms with Gasteiger partial charge in [-0.3, -0.25) is 4.79 Å². The summed E-state index contributed by atoms with van der Waals surface area (Å²) in [6.45, 7) is 0.610. The lowest BCUT2D eigenvalue weighted by Gasteiger charge is -2.11. The highest BCUT2D eigenvalue weighted by Gasteiger charge is 2.18. The summed E-state index contributed by atoms with van der Waals surface area (Å²) in [5.41, 5.74) is 0.119. The molecule has 0 radical (unpaired) electrons. The number of phenolic OH excluding ortho intramolecular Hbond substituents is 2. The lowest BCUT2D eigenvalue weighted by molar-refractivity contribution is 0.0950. The largest absolute Gasteiger partial charge is 0.508 e. The maximum Gasteiger partial charge on any atom is 0.255 e. The Balaban J connectivity index is 1.96. The molecule has 1 saturated heterocycles. The van der Waals surface area contributed by atoms with Crippen molar-refractivity contribution in [3.05, 3.63) is 23.8 Å². The van der Waals surface area contributed by atoms with E-state index < -0.39 is 0 Å². The molecule has 0 aromatic heterocycles. The van der Waals surface area contributed by atoms with Gasteiger partial charge in [-0.05, 0) is 36.8 Å². The first-order chi connectivity index (χ1) is 8.16. The van der Waals surface area contributed by atoms with Crippen molar-refractivity contribution in [2.75, 3.05) is 12.3 Å². The second kappa shape index (κ2) is 5.31. The van der Waals surface area contributed by atoms with Gasteiger partial charge in [0.25, 0.3) is 5.91 Å². The molecule has 17 heavy (non-hydrogen) atoms. The Morgan fingerprint density at radius 1 is 1.47 bits per heavy atom. The quantitative estimate of drug-likeness (QED) is 0.717. The van der Waals surface area contributed by atoms with E-state index in [2.05, 4.69) is 5.32 Å². The maximum absolute atomic E-state index is 11.8. The smallest absolute Gasteiger partial charge is 0.255 e. The van der Waals surface area contributed by atoms with Gasteiger partial charge >= 0.3 is 0 Å². The summed E-state index contributed by atoms with van der Waals surface area (Å²) in [6, 6.07) is 3.93. The zero-order valence-corrected chi connectivity index (χ0v) is 10.2. The molecule has 0 bridgehead atoms. The average molecular weight is 253 g/mol. The Hall–Kier alpha value is -1.36. The Morgan fingerprint density at radius 3 is 3.00 bits per heavy atom. The molecule has 1 aliphatic rings. The van der Waals surface area contributed by atoms with E-state index in [9.17, 15) is 15.0 Å². The molecule has 0 saturated carbocycles. The fraction of sp³-hybridized carbons (Fsp3) is 0.417. The van der Waals surface area contributed by atoms with E-state index >= 15 is 0 Å². The molecule has 1 fully saturated rings. The van der Waals surface area contributed by atoms with E-state index in [0.29, 0.717) is 11.8 Å². The monoisotopic (exact) mass is 253 g/mol. The fourth-order valence-corrected chi connectivity index (χ4v) is 3.01. The minimum absolute atomic E-state index is 0.0248. The van der Waals surface area contributed by atoms with E-state index in [4.69, 9.17) is 0 Å². The third-order valence-electron chi connectivity index (χ3n) is 2.74. The van der Waals surface area contributed by atoms with Gasteiger partial charge in [0, 0.05) is 11.8 Å². The molecule has 4 nitrogen and oxygen atoms in total. The van der Waals surface area contributed by atoms with Gasteiger partial charge in [0.1, 0.15) is 11.5 Å². The number of carbonyl (C=O) groups is 1. The lowest BCUT2D eigenvalue weighted by atomic mass is 10.1. The first kappa shape index (κ1) is 12.1. The molecule has 1 aromatic carbocycles. The zero-order valence-electron chi connectivity index (χ0n) is 9.35. The minimum atomic E-state index is -0.342. The van der Waals surface area contributed by atoms with Crippen LogP contribution in [0.4, 0.5) is 0 Å². The maximum atomic E-state index is 11.8. The van der Waals surface area contributed by atoms with Crippen LogP contribution < -0.4 is 5.32 Å². The van der Waals surface area contributed by atoms with Crippen molar-refractivity contribution >= 4 is 17.7 Å². The molecule has 1 amide bonds. The van der Waals surface area contributed by atoms with Crippen LogP contribution in [0, 0.1) is 0 Å². The first-order valence-electron chi connectivity index (χ1n) is 5.58. The summed E-state index contributed by atoms with van der Waals surface area (Å²) < 4.78 is 0. The Morgan fingerprint density at radius 2 is 2.29 bits per heavy atom. The summed E-state index contributed by atoms with van der Waals surface area (Å²) in [6.07, 6.45) is 2.32. The zero-order chi connectivity index (χ0) is 12.3. The molecule has 5 heteroatoms. The van der Waals surface area contributed by atoms with Gasteiger partial charge in [-0.1, -0.05) is 0 Å². The number of aromatic hydroxyl groups is 2. The van der Waals surface area contributed by atoms with Crippen LogP contribution in [0.15, 0.2) is 18.2 Å². The van der Waals surface area contributed by atoms with Gasteiger partial charge < -0.3 is 15.5 Å². The van der Waals surface area contributed by atoms with E-state index in [0.717, 1.165) is 12.2 Å². The highest BCUT2D eigenvalue weighted by atomic mass is 32.2. The summed E-state index contributed by atoms with van der Waals surface area (Å²) in [5, 5.41) is 22.0. The number of nitrogens with one attached hydrogen (secondary N) is 1. The molecule has 1 unspecified atom stereocenters. The highest BCUT2D eigenvalue weighted by molar-refractivity contribution is 8.00. The first-order valence-corrected chi connectivity index (χ1v) is 6.63. The second-order valence-electron chi connectivity index (χ2n) is 4.05. The third kappa shape index (κ3) is 3.06. The molecule has 1 aliphatic heterocycles. The Labute approximate surface area is 104 Å². The third-order valence-corrected chi connectivity index (χ3v) is 4.14. The van der Waals surface area contributed by atoms with Gasteiger partial charge in [-0.15, -0.1) is 0 Å². The minimum Gasteiger partial charge on any atom is -0.508 e. The van der Waals surface area contributed by atoms with Gasteiger partial charge in [0.2, 0.25) is 0 Å². The Bertz CT molecular complexity index is 416. The molecule has 0 aliphatic carbocycles. The summed E-state index contributed by atoms with van der Waals surface area (Å²) in [4.78, 5) is 11.8. The van der Waals surface area contributed by atoms with Crippen LogP contribution in [0.3, 0.4) is 0 Å². The Kier molecular flexibility index (Phi) is 3.78. The van der Waals surface area contributed by atoms with E-state index in [1.807, 2.05) is 11.8 Å². The van der Waals surface area contributed by atoms with Crippen molar-refractivity contribution in [1.82, 2.24) is 5.32 Å².